The fourth-order valence-electron chi connectivity index (χ4n) is 4.02. The predicted molar refractivity (Wildman–Crippen MR) is 104 cm³/mol. The summed E-state index contributed by atoms with van der Waals surface area (Å²) in [4.78, 5) is 13.0. The van der Waals surface area contributed by atoms with Gasteiger partial charge in [0.15, 0.2) is 0 Å². The summed E-state index contributed by atoms with van der Waals surface area (Å²) in [5, 5.41) is 3.09. The summed E-state index contributed by atoms with van der Waals surface area (Å²) in [7, 11) is -3.52. The normalized spacial score (nSPS) is 20.2. The minimum Gasteiger partial charge on any atom is -0.345 e. The predicted octanol–water partition coefficient (Wildman–Crippen LogP) is 3.28. The Balaban J connectivity index is 1.55. The Kier molecular flexibility index (Phi) is 5.02. The number of carbonyl (C=O) groups is 1. The zero-order valence-corrected chi connectivity index (χ0v) is 16.0. The summed E-state index contributed by atoms with van der Waals surface area (Å²) in [6.45, 7) is 1.11. The van der Waals surface area contributed by atoms with Gasteiger partial charge < -0.3 is 5.32 Å². The van der Waals surface area contributed by atoms with Crippen molar-refractivity contribution in [1.29, 1.82) is 0 Å². The molecule has 2 aliphatic rings. The van der Waals surface area contributed by atoms with Gasteiger partial charge >= 0.3 is 0 Å². The molecule has 0 saturated carbocycles. The van der Waals surface area contributed by atoms with Crippen molar-refractivity contribution < 1.29 is 13.2 Å². The van der Waals surface area contributed by atoms with E-state index in [1.54, 1.807) is 18.2 Å². The SMILES string of the molecule is O=C(N[C@@H]1CCCc2ccccc21)c1cccc(S(=O)(=O)N2CCCC2)c1. The van der Waals surface area contributed by atoms with Crippen LogP contribution in [0.4, 0.5) is 0 Å². The number of hydrogen-bond acceptors (Lipinski definition) is 3. The average Bonchev–Trinajstić information content (AvgIpc) is 3.24. The van der Waals surface area contributed by atoms with E-state index in [1.165, 1.54) is 15.9 Å². The van der Waals surface area contributed by atoms with Crippen LogP contribution in [-0.4, -0.2) is 31.7 Å². The summed E-state index contributed by atoms with van der Waals surface area (Å²) in [5.74, 6) is -0.227. The van der Waals surface area contributed by atoms with Crippen molar-refractivity contribution in [2.75, 3.05) is 13.1 Å². The van der Waals surface area contributed by atoms with Crippen LogP contribution >= 0.6 is 0 Å². The summed E-state index contributed by atoms with van der Waals surface area (Å²) >= 11 is 0. The number of amides is 1. The van der Waals surface area contributed by atoms with Crippen LogP contribution in [0.3, 0.4) is 0 Å². The molecule has 0 radical (unpaired) electrons. The molecule has 1 aliphatic carbocycles. The second-order valence-electron chi connectivity index (χ2n) is 7.26. The van der Waals surface area contributed by atoms with E-state index < -0.39 is 10.0 Å². The second kappa shape index (κ2) is 7.44. The highest BCUT2D eigenvalue weighted by Crippen LogP contribution is 2.30. The number of nitrogens with one attached hydrogen (secondary N) is 1. The van der Waals surface area contributed by atoms with Crippen molar-refractivity contribution in [2.45, 2.75) is 43.0 Å². The molecule has 0 unspecified atom stereocenters. The first kappa shape index (κ1) is 18.2. The highest BCUT2D eigenvalue weighted by atomic mass is 32.2. The Labute approximate surface area is 160 Å². The summed E-state index contributed by atoms with van der Waals surface area (Å²) in [6, 6.07) is 14.5. The molecule has 0 bridgehead atoms. The molecule has 1 fully saturated rings. The molecule has 0 aromatic heterocycles. The van der Waals surface area contributed by atoms with Crippen LogP contribution in [0.1, 0.15) is 53.2 Å². The Morgan fingerprint density at radius 3 is 2.59 bits per heavy atom. The number of nitrogens with zero attached hydrogens (tertiary/aromatic N) is 1. The maximum atomic E-state index is 12.8. The van der Waals surface area contributed by atoms with Crippen LogP contribution in [0, 0.1) is 0 Å². The second-order valence-corrected chi connectivity index (χ2v) is 9.19. The molecule has 6 heteroatoms. The molecule has 1 aliphatic heterocycles. The fourth-order valence-corrected chi connectivity index (χ4v) is 5.58. The first-order valence-electron chi connectivity index (χ1n) is 9.54. The zero-order valence-electron chi connectivity index (χ0n) is 15.2. The Morgan fingerprint density at radius 2 is 1.78 bits per heavy atom. The first-order valence-corrected chi connectivity index (χ1v) is 11.0. The highest BCUT2D eigenvalue weighted by molar-refractivity contribution is 7.89. The van der Waals surface area contributed by atoms with Gasteiger partial charge in [0, 0.05) is 18.7 Å². The smallest absolute Gasteiger partial charge is 0.251 e. The largest absolute Gasteiger partial charge is 0.345 e. The van der Waals surface area contributed by atoms with Gasteiger partial charge in [-0.15, -0.1) is 0 Å². The molecule has 1 atom stereocenters. The molecular formula is C21H24N2O3S. The van der Waals surface area contributed by atoms with Gasteiger partial charge in [-0.3, -0.25) is 4.79 Å². The van der Waals surface area contributed by atoms with Crippen molar-refractivity contribution >= 4 is 15.9 Å². The van der Waals surface area contributed by atoms with Gasteiger partial charge in [0.05, 0.1) is 10.9 Å². The molecule has 4 rings (SSSR count). The van der Waals surface area contributed by atoms with Gasteiger partial charge in [-0.25, -0.2) is 8.42 Å². The minimum atomic E-state index is -3.52. The lowest BCUT2D eigenvalue weighted by atomic mass is 9.87. The van der Waals surface area contributed by atoms with Gasteiger partial charge in [0.1, 0.15) is 0 Å². The molecule has 1 N–H and O–H groups in total. The molecular weight excluding hydrogens is 360 g/mol. The monoisotopic (exact) mass is 384 g/mol. The Bertz CT molecular complexity index is 949. The zero-order chi connectivity index (χ0) is 18.9. The first-order chi connectivity index (χ1) is 13.1. The number of rotatable bonds is 4. The number of hydrogen-bond donors (Lipinski definition) is 1. The molecule has 27 heavy (non-hydrogen) atoms. The van der Waals surface area contributed by atoms with E-state index >= 15 is 0 Å². The number of aryl methyl sites for hydroxylation is 1. The third kappa shape index (κ3) is 3.64. The van der Waals surface area contributed by atoms with Crippen LogP contribution in [0.2, 0.25) is 0 Å². The minimum absolute atomic E-state index is 0.0266. The molecule has 1 amide bonds. The van der Waals surface area contributed by atoms with Crippen molar-refractivity contribution in [3.8, 4) is 0 Å². The summed E-state index contributed by atoms with van der Waals surface area (Å²) in [6.07, 6.45) is 4.74. The van der Waals surface area contributed by atoms with Crippen LogP contribution in [0.15, 0.2) is 53.4 Å². The molecule has 0 spiro atoms. The standard InChI is InChI=1S/C21H24N2O3S/c24-21(22-20-12-6-8-16-7-1-2-11-19(16)20)17-9-5-10-18(15-17)27(25,26)23-13-3-4-14-23/h1-2,5,7,9-11,15,20H,3-4,6,8,12-14H2,(H,22,24)/t20-/m1/s1. The van der Waals surface area contributed by atoms with Crippen molar-refractivity contribution in [3.63, 3.8) is 0 Å². The van der Waals surface area contributed by atoms with Gasteiger partial charge in [-0.05, 0) is 61.4 Å². The maximum absolute atomic E-state index is 12.8. The van der Waals surface area contributed by atoms with Crippen LogP contribution in [0.5, 0.6) is 0 Å². The van der Waals surface area contributed by atoms with Crippen LogP contribution in [0.25, 0.3) is 0 Å². The number of sulfonamides is 1. The maximum Gasteiger partial charge on any atom is 0.251 e. The molecule has 5 nitrogen and oxygen atoms in total. The lowest BCUT2D eigenvalue weighted by Crippen LogP contribution is -2.31. The quantitative estimate of drug-likeness (QED) is 0.880. The lowest BCUT2D eigenvalue weighted by molar-refractivity contribution is 0.0932. The number of carbonyl (C=O) groups excluding carboxylic acids is 1. The Morgan fingerprint density at radius 1 is 1.00 bits per heavy atom. The molecule has 2 aromatic rings. The van der Waals surface area contributed by atoms with E-state index in [1.807, 2.05) is 12.1 Å². The van der Waals surface area contributed by atoms with Crippen molar-refractivity contribution in [3.05, 3.63) is 65.2 Å². The summed E-state index contributed by atoms with van der Waals surface area (Å²) in [5.41, 5.74) is 2.83. The third-order valence-corrected chi connectivity index (χ3v) is 7.37. The van der Waals surface area contributed by atoms with Crippen molar-refractivity contribution in [1.82, 2.24) is 9.62 Å². The van der Waals surface area contributed by atoms with Crippen LogP contribution in [-0.2, 0) is 16.4 Å². The fraction of sp³-hybridized carbons (Fsp3) is 0.381. The molecule has 2 aromatic carbocycles. The van der Waals surface area contributed by atoms with Gasteiger partial charge in [0.2, 0.25) is 10.0 Å². The Hall–Kier alpha value is -2.18. The van der Waals surface area contributed by atoms with Gasteiger partial charge in [-0.2, -0.15) is 4.31 Å². The van der Waals surface area contributed by atoms with E-state index in [0.717, 1.165) is 37.7 Å². The van der Waals surface area contributed by atoms with Crippen LogP contribution < -0.4 is 5.32 Å². The topological polar surface area (TPSA) is 66.5 Å². The van der Waals surface area contributed by atoms with E-state index in [9.17, 15) is 13.2 Å². The highest BCUT2D eigenvalue weighted by Gasteiger charge is 2.28. The van der Waals surface area contributed by atoms with E-state index in [0.29, 0.717) is 18.7 Å². The van der Waals surface area contributed by atoms with Gasteiger partial charge in [-0.1, -0.05) is 30.3 Å². The molecule has 1 heterocycles. The third-order valence-electron chi connectivity index (χ3n) is 5.47. The van der Waals surface area contributed by atoms with E-state index in [-0.39, 0.29) is 16.8 Å². The average molecular weight is 385 g/mol. The van der Waals surface area contributed by atoms with E-state index in [2.05, 4.69) is 17.4 Å². The number of fused-ring (bicyclic) bond motifs is 1. The van der Waals surface area contributed by atoms with Crippen molar-refractivity contribution in [2.24, 2.45) is 0 Å². The molecule has 142 valence electrons. The lowest BCUT2D eigenvalue weighted by Gasteiger charge is -2.26. The number of benzene rings is 2. The summed E-state index contributed by atoms with van der Waals surface area (Å²) < 4.78 is 27.0. The van der Waals surface area contributed by atoms with Gasteiger partial charge in [0.25, 0.3) is 5.91 Å². The molecule has 1 saturated heterocycles. The van der Waals surface area contributed by atoms with E-state index in [4.69, 9.17) is 0 Å².